The summed E-state index contributed by atoms with van der Waals surface area (Å²) in [6, 6.07) is 14.1. The van der Waals surface area contributed by atoms with Gasteiger partial charge in [0.05, 0.1) is 39.4 Å². The van der Waals surface area contributed by atoms with E-state index in [2.05, 4.69) is 17.6 Å². The highest BCUT2D eigenvalue weighted by atomic mass is 32.1. The van der Waals surface area contributed by atoms with E-state index in [4.69, 9.17) is 19.9 Å². The van der Waals surface area contributed by atoms with E-state index in [1.54, 1.807) is 0 Å². The summed E-state index contributed by atoms with van der Waals surface area (Å²) in [5.41, 5.74) is 6.96. The average molecular weight is 839 g/mol. The van der Waals surface area contributed by atoms with Gasteiger partial charge in [-0.2, -0.15) is 12.6 Å². The van der Waals surface area contributed by atoms with Crippen molar-refractivity contribution in [1.82, 2.24) is 14.7 Å². The van der Waals surface area contributed by atoms with Crippen molar-refractivity contribution in [1.29, 1.82) is 0 Å². The Balaban J connectivity index is 1.22. The van der Waals surface area contributed by atoms with Gasteiger partial charge in [-0.25, -0.2) is 19.3 Å². The summed E-state index contributed by atoms with van der Waals surface area (Å²) in [5.74, 6) is -1.17. The molecule has 0 radical (unpaired) electrons. The van der Waals surface area contributed by atoms with Crippen molar-refractivity contribution in [3.05, 3.63) is 120 Å². The summed E-state index contributed by atoms with van der Waals surface area (Å²) in [6.45, 7) is -0.814. The van der Waals surface area contributed by atoms with Gasteiger partial charge in [0.15, 0.2) is 0 Å². The Morgan fingerprint density at radius 2 is 1.27 bits per heavy atom. The quantitative estimate of drug-likeness (QED) is 0.0546. The molecule has 3 aromatic carbocycles. The fourth-order valence-electron chi connectivity index (χ4n) is 6.38. The minimum atomic E-state index is -1.34. The number of amides is 4. The van der Waals surface area contributed by atoms with Crippen LogP contribution in [0.25, 0.3) is 0 Å². The van der Waals surface area contributed by atoms with Crippen LogP contribution in [-0.4, -0.2) is 108 Å². The van der Waals surface area contributed by atoms with Gasteiger partial charge < -0.3 is 34.9 Å². The van der Waals surface area contributed by atoms with E-state index < -0.39 is 69.5 Å². The molecule has 2 fully saturated rings. The molecule has 2 saturated heterocycles. The first-order valence-electron chi connectivity index (χ1n) is 17.8. The van der Waals surface area contributed by atoms with Gasteiger partial charge in [-0.3, -0.25) is 35.1 Å². The van der Waals surface area contributed by atoms with E-state index in [-0.39, 0.29) is 74.6 Å². The second-order valence-corrected chi connectivity index (χ2v) is 14.2. The van der Waals surface area contributed by atoms with Crippen molar-refractivity contribution in [3.8, 4) is 0 Å². The minimum Gasteiger partial charge on any atom is -0.445 e. The summed E-state index contributed by atoms with van der Waals surface area (Å²) in [6.07, 6.45) is -4.45. The van der Waals surface area contributed by atoms with Crippen molar-refractivity contribution in [2.45, 2.75) is 62.5 Å². The Labute approximate surface area is 340 Å². The van der Waals surface area contributed by atoms with E-state index in [0.717, 1.165) is 4.90 Å². The predicted molar refractivity (Wildman–Crippen MR) is 207 cm³/mol. The number of hydrogen-bond donors (Lipinski definition) is 3. The number of guanidine groups is 1. The number of aliphatic hydroxyl groups excluding tert-OH is 1. The number of aliphatic imine (C=N–C) groups is 1. The number of benzene rings is 3. The number of rotatable bonds is 13. The Hall–Kier alpha value is -6.88. The highest BCUT2D eigenvalue weighted by Gasteiger charge is 2.42. The number of aliphatic hydroxyl groups is 1. The van der Waals surface area contributed by atoms with E-state index in [1.807, 2.05) is 0 Å². The number of ether oxygens (including phenoxy) is 3. The van der Waals surface area contributed by atoms with Gasteiger partial charge >= 0.3 is 18.3 Å². The molecule has 5 rings (SSSR count). The zero-order valence-electron chi connectivity index (χ0n) is 31.0. The molecule has 2 aliphatic heterocycles. The van der Waals surface area contributed by atoms with Crippen LogP contribution in [0, 0.1) is 30.3 Å². The number of nitro groups is 3. The molecule has 3 N–H and O–H groups in total. The normalized spacial score (nSPS) is 18.1. The van der Waals surface area contributed by atoms with Crippen LogP contribution in [0.2, 0.25) is 0 Å². The maximum absolute atomic E-state index is 13.5. The third-order valence-electron chi connectivity index (χ3n) is 9.44. The molecule has 23 heteroatoms. The molecule has 4 amide bonds. The maximum Gasteiger partial charge on any atom is 0.437 e. The number of likely N-dealkylation sites (tertiary alicyclic amines) is 2. The van der Waals surface area contributed by atoms with E-state index in [9.17, 15) is 54.6 Å². The Morgan fingerprint density at radius 1 is 0.797 bits per heavy atom. The molecule has 3 aromatic rings. The number of nitrogens with zero attached hydrogens (tertiary/aromatic N) is 7. The van der Waals surface area contributed by atoms with Crippen molar-refractivity contribution in [2.75, 3.05) is 19.6 Å². The Bertz CT molecular complexity index is 2090. The first-order valence-corrected chi connectivity index (χ1v) is 18.4. The van der Waals surface area contributed by atoms with Gasteiger partial charge in [-0.1, -0.05) is 0 Å². The highest BCUT2D eigenvalue weighted by Crippen LogP contribution is 2.28. The van der Waals surface area contributed by atoms with Gasteiger partial charge in [0.2, 0.25) is 11.9 Å². The van der Waals surface area contributed by atoms with Crippen LogP contribution >= 0.6 is 12.6 Å². The molecular weight excluding hydrogens is 801 g/mol. The van der Waals surface area contributed by atoms with Gasteiger partial charge in [-0.15, -0.1) is 4.99 Å². The monoisotopic (exact) mass is 838 g/mol. The highest BCUT2D eigenvalue weighted by molar-refractivity contribution is 7.81. The lowest BCUT2D eigenvalue weighted by Gasteiger charge is -2.29. The third-order valence-corrected chi connectivity index (χ3v) is 9.82. The summed E-state index contributed by atoms with van der Waals surface area (Å²) in [7, 11) is 0. The topological polar surface area (TPSA) is 294 Å². The van der Waals surface area contributed by atoms with Gasteiger partial charge in [-0.05, 0) is 65.9 Å². The zero-order chi connectivity index (χ0) is 42.8. The van der Waals surface area contributed by atoms with Crippen LogP contribution in [0.5, 0.6) is 0 Å². The average Bonchev–Trinajstić information content (AvgIpc) is 3.86. The summed E-state index contributed by atoms with van der Waals surface area (Å²) >= 11 is 4.46. The van der Waals surface area contributed by atoms with Crippen molar-refractivity contribution in [2.24, 2.45) is 10.7 Å². The number of nitro benzene ring substituents is 3. The number of non-ortho nitro benzene ring substituents is 3. The Morgan fingerprint density at radius 3 is 1.76 bits per heavy atom. The number of carbonyl (C=O) groups is 4. The smallest absolute Gasteiger partial charge is 0.437 e. The van der Waals surface area contributed by atoms with Crippen LogP contribution in [0.4, 0.5) is 31.4 Å². The van der Waals surface area contributed by atoms with E-state index >= 15 is 0 Å². The Kier molecular flexibility index (Phi) is 14.3. The number of nitrogens with two attached hydrogens (primary N) is 1. The zero-order valence-corrected chi connectivity index (χ0v) is 31.9. The summed E-state index contributed by atoms with van der Waals surface area (Å²) in [5, 5.41) is 43.8. The molecule has 0 spiro atoms. The SMILES string of the molecule is NC(=NC(=O)OCc1ccc([N+](=O)[O-])cc1)N(C(=O)OCc1ccc([N+](=O)[O-])cc1)[C@H]1CCN(C(=O)C[C@@H](O)[C@@H]2C[C@H](S)CN2C(=O)OCc2ccc([N+](=O)[O-])cc2)C1. The van der Waals surface area contributed by atoms with Crippen molar-refractivity contribution >= 4 is 59.8 Å². The van der Waals surface area contributed by atoms with Gasteiger partial charge in [0.25, 0.3) is 17.1 Å². The molecular formula is C36H38N8O14S. The van der Waals surface area contributed by atoms with Crippen LogP contribution in [0.1, 0.15) is 36.0 Å². The second-order valence-electron chi connectivity index (χ2n) is 13.4. The molecule has 4 atom stereocenters. The molecule has 0 aromatic heterocycles. The molecule has 0 bridgehead atoms. The molecule has 59 heavy (non-hydrogen) atoms. The molecule has 22 nitrogen and oxygen atoms in total. The van der Waals surface area contributed by atoms with Gasteiger partial charge in [0, 0.05) is 61.3 Å². The van der Waals surface area contributed by atoms with Crippen molar-refractivity contribution < 1.29 is 53.3 Å². The molecule has 2 heterocycles. The van der Waals surface area contributed by atoms with Gasteiger partial charge in [0.1, 0.15) is 19.8 Å². The fourth-order valence-corrected chi connectivity index (χ4v) is 6.77. The molecule has 2 aliphatic rings. The summed E-state index contributed by atoms with van der Waals surface area (Å²) in [4.78, 5) is 91.1. The number of hydrogen-bond acceptors (Lipinski definition) is 15. The van der Waals surface area contributed by atoms with Crippen LogP contribution in [0.15, 0.2) is 77.8 Å². The first kappa shape index (κ1) is 43.2. The van der Waals surface area contributed by atoms with Crippen molar-refractivity contribution in [3.63, 3.8) is 0 Å². The lowest BCUT2D eigenvalue weighted by atomic mass is 10.0. The van der Waals surface area contributed by atoms with Crippen LogP contribution in [0.3, 0.4) is 0 Å². The predicted octanol–water partition coefficient (Wildman–Crippen LogP) is 4.06. The minimum absolute atomic E-state index is 0.0844. The van der Waals surface area contributed by atoms with Crippen LogP contribution < -0.4 is 5.73 Å². The number of thiol groups is 1. The molecule has 0 unspecified atom stereocenters. The maximum atomic E-state index is 13.5. The van der Waals surface area contributed by atoms with Crippen LogP contribution in [-0.2, 0) is 38.8 Å². The second kappa shape index (κ2) is 19.5. The molecule has 0 aliphatic carbocycles. The standard InChI is InChI=1S/C36H38N8O14S/c37-33(38-34(47)56-19-22-1-7-25(8-2-22)42(50)51)41(36(49)58-21-24-5-11-27(12-6-24)44(54)55)28-13-14-39(17-28)32(46)16-31(45)30-15-29(59)18-40(30)35(48)57-20-23-3-9-26(10-4-23)43(52)53/h1-12,28-31,45,59H,13-21H2,(H2,37,38,47)/t28-,29-,30-,31+/m0/s1. The third kappa shape index (κ3) is 11.6. The van der Waals surface area contributed by atoms with E-state index in [0.29, 0.717) is 16.7 Å². The lowest BCUT2D eigenvalue weighted by Crippen LogP contribution is -2.50. The fraction of sp³-hybridized carbons (Fsp3) is 0.361. The largest absolute Gasteiger partial charge is 0.445 e. The van der Waals surface area contributed by atoms with E-state index in [1.165, 1.54) is 82.6 Å². The lowest BCUT2D eigenvalue weighted by molar-refractivity contribution is -0.385. The molecule has 0 saturated carbocycles. The molecule has 312 valence electrons. The summed E-state index contributed by atoms with van der Waals surface area (Å²) < 4.78 is 15.9. The first-order chi connectivity index (χ1) is 28.1. The number of carbonyl (C=O) groups excluding carboxylic acids is 4.